The van der Waals surface area contributed by atoms with Crippen LogP contribution in [0.15, 0.2) is 28.9 Å². The first-order chi connectivity index (χ1) is 7.65. The standard InChI is InChI=1S/C11H10BrFN2S/c1-7-14-5-9(16-7)6-15-8-2-3-11(13)10(12)4-8/h2-5,15H,6H2,1H3. The van der Waals surface area contributed by atoms with Gasteiger partial charge in [0.2, 0.25) is 0 Å². The van der Waals surface area contributed by atoms with Crippen molar-refractivity contribution < 1.29 is 4.39 Å². The van der Waals surface area contributed by atoms with Crippen molar-refractivity contribution in [3.8, 4) is 0 Å². The molecule has 1 N–H and O–H groups in total. The van der Waals surface area contributed by atoms with Crippen LogP contribution in [0.5, 0.6) is 0 Å². The summed E-state index contributed by atoms with van der Waals surface area (Å²) in [5.74, 6) is -0.251. The number of thiazole rings is 1. The number of rotatable bonds is 3. The van der Waals surface area contributed by atoms with E-state index in [1.54, 1.807) is 23.5 Å². The Hall–Kier alpha value is -0.940. The summed E-state index contributed by atoms with van der Waals surface area (Å²) in [6, 6.07) is 4.88. The predicted octanol–water partition coefficient (Wildman–Crippen LogP) is 3.97. The van der Waals surface area contributed by atoms with Gasteiger partial charge in [-0.2, -0.15) is 0 Å². The SMILES string of the molecule is Cc1ncc(CNc2ccc(F)c(Br)c2)s1. The van der Waals surface area contributed by atoms with E-state index in [9.17, 15) is 4.39 Å². The Morgan fingerprint density at radius 2 is 2.31 bits per heavy atom. The zero-order valence-electron chi connectivity index (χ0n) is 8.63. The number of aryl methyl sites for hydroxylation is 1. The first-order valence-electron chi connectivity index (χ1n) is 4.75. The second-order valence-corrected chi connectivity index (χ2v) is 5.50. The smallest absolute Gasteiger partial charge is 0.137 e. The van der Waals surface area contributed by atoms with Crippen LogP contribution < -0.4 is 5.32 Å². The van der Waals surface area contributed by atoms with Crippen LogP contribution in [-0.2, 0) is 6.54 Å². The molecule has 0 atom stereocenters. The zero-order valence-corrected chi connectivity index (χ0v) is 11.0. The lowest BCUT2D eigenvalue weighted by molar-refractivity contribution is 0.621. The quantitative estimate of drug-likeness (QED) is 0.928. The van der Waals surface area contributed by atoms with Gasteiger partial charge >= 0.3 is 0 Å². The van der Waals surface area contributed by atoms with Crippen LogP contribution in [0.25, 0.3) is 0 Å². The lowest BCUT2D eigenvalue weighted by Crippen LogP contribution is -1.97. The Bertz CT molecular complexity index is 498. The highest BCUT2D eigenvalue weighted by Gasteiger charge is 2.01. The summed E-state index contributed by atoms with van der Waals surface area (Å²) in [6.45, 7) is 2.69. The Kier molecular flexibility index (Phi) is 3.56. The molecule has 0 aliphatic heterocycles. The fraction of sp³-hybridized carbons (Fsp3) is 0.182. The molecule has 1 aromatic heterocycles. The van der Waals surface area contributed by atoms with Gasteiger partial charge in [-0.25, -0.2) is 9.37 Å². The molecule has 0 spiro atoms. The maximum atomic E-state index is 13.0. The summed E-state index contributed by atoms with van der Waals surface area (Å²) in [5, 5.41) is 4.27. The second kappa shape index (κ2) is 4.93. The van der Waals surface area contributed by atoms with E-state index in [-0.39, 0.29) is 5.82 Å². The van der Waals surface area contributed by atoms with Gasteiger partial charge in [-0.15, -0.1) is 11.3 Å². The van der Waals surface area contributed by atoms with E-state index in [1.165, 1.54) is 6.07 Å². The van der Waals surface area contributed by atoms with Crippen LogP contribution in [-0.4, -0.2) is 4.98 Å². The fourth-order valence-electron chi connectivity index (χ4n) is 1.28. The average Bonchev–Trinajstić information content (AvgIpc) is 2.66. The van der Waals surface area contributed by atoms with Crippen molar-refractivity contribution in [2.45, 2.75) is 13.5 Å². The van der Waals surface area contributed by atoms with Gasteiger partial charge in [0, 0.05) is 16.8 Å². The Morgan fingerprint density at radius 3 is 2.94 bits per heavy atom. The molecule has 0 unspecified atom stereocenters. The molecule has 0 radical (unpaired) electrons. The van der Waals surface area contributed by atoms with Crippen LogP contribution in [0.2, 0.25) is 0 Å². The van der Waals surface area contributed by atoms with Crippen molar-refractivity contribution in [1.82, 2.24) is 4.98 Å². The molecule has 1 aromatic carbocycles. The third-order valence-electron chi connectivity index (χ3n) is 2.06. The van der Waals surface area contributed by atoms with Gasteiger partial charge in [0.05, 0.1) is 16.0 Å². The van der Waals surface area contributed by atoms with E-state index in [0.717, 1.165) is 15.6 Å². The first kappa shape index (κ1) is 11.5. The molecular formula is C11H10BrFN2S. The molecule has 2 aromatic rings. The highest BCUT2D eigenvalue weighted by atomic mass is 79.9. The van der Waals surface area contributed by atoms with E-state index in [4.69, 9.17) is 0 Å². The summed E-state index contributed by atoms with van der Waals surface area (Å²) in [4.78, 5) is 5.33. The molecule has 5 heteroatoms. The van der Waals surface area contributed by atoms with Gasteiger partial charge in [-0.3, -0.25) is 0 Å². The largest absolute Gasteiger partial charge is 0.380 e. The number of benzene rings is 1. The molecule has 0 bridgehead atoms. The molecule has 0 fully saturated rings. The number of hydrogen-bond acceptors (Lipinski definition) is 3. The molecular weight excluding hydrogens is 291 g/mol. The Labute approximate surface area is 106 Å². The van der Waals surface area contributed by atoms with Crippen LogP contribution >= 0.6 is 27.3 Å². The molecule has 2 nitrogen and oxygen atoms in total. The second-order valence-electron chi connectivity index (χ2n) is 3.33. The van der Waals surface area contributed by atoms with Gasteiger partial charge in [0.1, 0.15) is 5.82 Å². The van der Waals surface area contributed by atoms with Crippen molar-refractivity contribution in [2.24, 2.45) is 0 Å². The highest BCUT2D eigenvalue weighted by Crippen LogP contribution is 2.21. The summed E-state index contributed by atoms with van der Waals surface area (Å²) in [6.07, 6.45) is 1.85. The number of hydrogen-bond donors (Lipinski definition) is 1. The van der Waals surface area contributed by atoms with Gasteiger partial charge in [0.25, 0.3) is 0 Å². The molecule has 0 saturated heterocycles. The Morgan fingerprint density at radius 1 is 1.50 bits per heavy atom. The molecule has 1 heterocycles. The van der Waals surface area contributed by atoms with E-state index in [0.29, 0.717) is 11.0 Å². The first-order valence-corrected chi connectivity index (χ1v) is 6.36. The van der Waals surface area contributed by atoms with E-state index in [1.807, 2.05) is 13.1 Å². The monoisotopic (exact) mass is 300 g/mol. The lowest BCUT2D eigenvalue weighted by atomic mass is 10.3. The van der Waals surface area contributed by atoms with Gasteiger partial charge in [-0.1, -0.05) is 0 Å². The normalized spacial score (nSPS) is 10.4. The highest BCUT2D eigenvalue weighted by molar-refractivity contribution is 9.10. The maximum absolute atomic E-state index is 13.0. The zero-order chi connectivity index (χ0) is 11.5. The summed E-state index contributed by atoms with van der Waals surface area (Å²) < 4.78 is 13.5. The topological polar surface area (TPSA) is 24.9 Å². The maximum Gasteiger partial charge on any atom is 0.137 e. The van der Waals surface area contributed by atoms with Crippen molar-refractivity contribution in [3.05, 3.63) is 44.6 Å². The van der Waals surface area contributed by atoms with Crippen molar-refractivity contribution in [3.63, 3.8) is 0 Å². The molecule has 0 aliphatic rings. The molecule has 84 valence electrons. The minimum Gasteiger partial charge on any atom is -0.380 e. The van der Waals surface area contributed by atoms with Crippen LogP contribution in [0, 0.1) is 12.7 Å². The van der Waals surface area contributed by atoms with Gasteiger partial charge in [0.15, 0.2) is 0 Å². The molecule has 0 aliphatic carbocycles. The molecule has 16 heavy (non-hydrogen) atoms. The molecule has 0 saturated carbocycles. The van der Waals surface area contributed by atoms with Gasteiger partial charge in [-0.05, 0) is 41.1 Å². The van der Waals surface area contributed by atoms with Crippen molar-refractivity contribution in [2.75, 3.05) is 5.32 Å². The predicted molar refractivity (Wildman–Crippen MR) is 68.3 cm³/mol. The molecule has 2 rings (SSSR count). The minimum atomic E-state index is -0.251. The third-order valence-corrected chi connectivity index (χ3v) is 3.58. The van der Waals surface area contributed by atoms with Gasteiger partial charge < -0.3 is 5.32 Å². The number of nitrogens with zero attached hydrogens (tertiary/aromatic N) is 1. The number of aromatic nitrogens is 1. The fourth-order valence-corrected chi connectivity index (χ4v) is 2.40. The Balaban J connectivity index is 2.02. The lowest BCUT2D eigenvalue weighted by Gasteiger charge is -2.05. The minimum absolute atomic E-state index is 0.251. The van der Waals surface area contributed by atoms with E-state index < -0.39 is 0 Å². The summed E-state index contributed by atoms with van der Waals surface area (Å²) in [7, 11) is 0. The third kappa shape index (κ3) is 2.80. The van der Waals surface area contributed by atoms with E-state index >= 15 is 0 Å². The van der Waals surface area contributed by atoms with Crippen LogP contribution in [0.1, 0.15) is 9.88 Å². The van der Waals surface area contributed by atoms with Crippen LogP contribution in [0.4, 0.5) is 10.1 Å². The summed E-state index contributed by atoms with van der Waals surface area (Å²) >= 11 is 4.81. The van der Waals surface area contributed by atoms with E-state index in [2.05, 4.69) is 26.2 Å². The van der Waals surface area contributed by atoms with Crippen molar-refractivity contribution in [1.29, 1.82) is 0 Å². The number of halogens is 2. The average molecular weight is 301 g/mol. The molecule has 0 amide bonds. The summed E-state index contributed by atoms with van der Waals surface area (Å²) in [5.41, 5.74) is 0.888. The number of anilines is 1. The number of nitrogens with one attached hydrogen (secondary N) is 1. The van der Waals surface area contributed by atoms with Crippen molar-refractivity contribution >= 4 is 33.0 Å². The van der Waals surface area contributed by atoms with Crippen LogP contribution in [0.3, 0.4) is 0 Å².